The Balaban J connectivity index is 2.17. The molecule has 0 amide bonds. The number of aromatic nitrogens is 1. The maximum Gasteiger partial charge on any atom is 0.378 e. The lowest BCUT2D eigenvalue weighted by molar-refractivity contribution is -0.145. The topological polar surface area (TPSA) is 77.6 Å². The fraction of sp³-hybridized carbons (Fsp3) is 0.450. The first-order chi connectivity index (χ1) is 13.1. The highest BCUT2D eigenvalue weighted by Gasteiger charge is 2.40. The van der Waals surface area contributed by atoms with Crippen LogP contribution in [0.15, 0.2) is 30.3 Å². The van der Waals surface area contributed by atoms with Crippen LogP contribution in [0.1, 0.15) is 44.4 Å². The van der Waals surface area contributed by atoms with Crippen molar-refractivity contribution in [2.75, 3.05) is 19.8 Å². The first-order valence-electron chi connectivity index (χ1n) is 9.42. The van der Waals surface area contributed by atoms with Crippen LogP contribution in [-0.4, -0.2) is 30.8 Å². The molecule has 146 valence electrons. The average molecular weight is 391 g/mol. The van der Waals surface area contributed by atoms with E-state index < -0.39 is 7.60 Å². The molecule has 1 atom stereocenters. The quantitative estimate of drug-likeness (QED) is 0.540. The molecule has 1 aliphatic rings. The lowest BCUT2D eigenvalue weighted by Crippen LogP contribution is -2.18. The molecular weight excluding hydrogens is 365 g/mol. The molecule has 1 heterocycles. The zero-order chi connectivity index (χ0) is 19.4. The van der Waals surface area contributed by atoms with Crippen molar-refractivity contribution in [1.29, 1.82) is 0 Å². The Morgan fingerprint density at radius 2 is 1.78 bits per heavy atom. The third-order valence-electron chi connectivity index (χ3n) is 4.65. The Morgan fingerprint density at radius 1 is 1.11 bits per heavy atom. The van der Waals surface area contributed by atoms with Crippen LogP contribution in [0.25, 0.3) is 11.1 Å². The molecule has 1 N–H and O–H groups in total. The Bertz CT molecular complexity index is 836. The van der Waals surface area contributed by atoms with Crippen molar-refractivity contribution in [3.63, 3.8) is 0 Å². The van der Waals surface area contributed by atoms with Crippen LogP contribution in [0.2, 0.25) is 0 Å². The van der Waals surface area contributed by atoms with E-state index in [1.807, 2.05) is 30.3 Å². The number of esters is 1. The number of ether oxygens (including phenoxy) is 1. The maximum atomic E-state index is 13.5. The number of benzene rings is 1. The van der Waals surface area contributed by atoms with Gasteiger partial charge in [-0.25, -0.2) is 0 Å². The predicted octanol–water partition coefficient (Wildman–Crippen LogP) is 4.17. The molecule has 1 aromatic heterocycles. The van der Waals surface area contributed by atoms with Crippen molar-refractivity contribution in [1.82, 2.24) is 4.98 Å². The van der Waals surface area contributed by atoms with E-state index in [1.54, 1.807) is 20.8 Å². The van der Waals surface area contributed by atoms with Crippen molar-refractivity contribution in [2.24, 2.45) is 0 Å². The molecule has 7 heteroatoms. The van der Waals surface area contributed by atoms with Crippen LogP contribution < -0.4 is 5.44 Å². The summed E-state index contributed by atoms with van der Waals surface area (Å²) in [5.41, 5.74) is 3.93. The molecule has 0 aliphatic heterocycles. The zero-order valence-electron chi connectivity index (χ0n) is 16.0. The third kappa shape index (κ3) is 3.75. The monoisotopic (exact) mass is 391 g/mol. The molecule has 0 fully saturated rings. The second-order valence-electron chi connectivity index (χ2n) is 6.28. The molecule has 1 unspecified atom stereocenters. The molecule has 27 heavy (non-hydrogen) atoms. The average Bonchev–Trinajstić information content (AvgIpc) is 3.22. The van der Waals surface area contributed by atoms with Gasteiger partial charge in [-0.05, 0) is 44.7 Å². The zero-order valence-corrected chi connectivity index (χ0v) is 16.9. The van der Waals surface area contributed by atoms with Gasteiger partial charge in [-0.2, -0.15) is 0 Å². The Labute approximate surface area is 159 Å². The van der Waals surface area contributed by atoms with Gasteiger partial charge < -0.3 is 18.8 Å². The van der Waals surface area contributed by atoms with Crippen molar-refractivity contribution in [2.45, 2.75) is 39.5 Å². The molecule has 0 spiro atoms. The lowest BCUT2D eigenvalue weighted by Gasteiger charge is -2.18. The largest absolute Gasteiger partial charge is 0.465 e. The molecule has 0 bridgehead atoms. The predicted molar refractivity (Wildman–Crippen MR) is 104 cm³/mol. The molecule has 2 aromatic rings. The van der Waals surface area contributed by atoms with Crippen LogP contribution in [0.4, 0.5) is 0 Å². The Morgan fingerprint density at radius 3 is 2.37 bits per heavy atom. The van der Waals surface area contributed by atoms with Gasteiger partial charge in [0.1, 0.15) is 5.44 Å². The molecule has 0 saturated carbocycles. The van der Waals surface area contributed by atoms with Crippen molar-refractivity contribution >= 4 is 19.0 Å². The molecule has 0 saturated heterocycles. The number of hydrogen-bond acceptors (Lipinski definition) is 5. The van der Waals surface area contributed by atoms with Gasteiger partial charge in [0.25, 0.3) is 0 Å². The lowest BCUT2D eigenvalue weighted by atomic mass is 10.0. The number of carbonyl (C=O) groups excluding carboxylic acids is 1. The van der Waals surface area contributed by atoms with Crippen LogP contribution in [0.3, 0.4) is 0 Å². The van der Waals surface area contributed by atoms with E-state index in [4.69, 9.17) is 13.8 Å². The minimum absolute atomic E-state index is 0.258. The SMILES string of the molecule is CCOC(=O)C1CCc2c1[nH]c(P(=O)(OCC)OCC)c2-c1ccccc1. The fourth-order valence-electron chi connectivity index (χ4n) is 3.64. The highest BCUT2D eigenvalue weighted by Crippen LogP contribution is 2.52. The van der Waals surface area contributed by atoms with E-state index in [2.05, 4.69) is 4.98 Å². The van der Waals surface area contributed by atoms with E-state index in [0.29, 0.717) is 24.9 Å². The molecule has 1 aliphatic carbocycles. The highest BCUT2D eigenvalue weighted by molar-refractivity contribution is 7.62. The summed E-state index contributed by atoms with van der Waals surface area (Å²) >= 11 is 0. The number of H-pyrrole nitrogens is 1. The normalized spacial score (nSPS) is 16.3. The van der Waals surface area contributed by atoms with Crippen molar-refractivity contribution in [3.05, 3.63) is 41.6 Å². The third-order valence-corrected chi connectivity index (χ3v) is 6.73. The number of carbonyl (C=O) groups is 1. The first kappa shape index (κ1) is 19.9. The number of fused-ring (bicyclic) bond motifs is 1. The first-order valence-corrected chi connectivity index (χ1v) is 11.0. The second kappa shape index (κ2) is 8.42. The standard InChI is InChI=1S/C20H26NO5P/c1-4-24-20(22)16-13-12-15-17(14-10-8-7-9-11-14)19(21-18(15)16)27(23,25-5-2)26-6-3/h7-11,16,21H,4-6,12-13H2,1-3H3. The van der Waals surface area contributed by atoms with Crippen molar-refractivity contribution in [3.8, 4) is 11.1 Å². The van der Waals surface area contributed by atoms with Gasteiger partial charge >= 0.3 is 13.6 Å². The Kier molecular flexibility index (Phi) is 6.20. The minimum atomic E-state index is -3.54. The van der Waals surface area contributed by atoms with Gasteiger partial charge in [-0.15, -0.1) is 0 Å². The van der Waals surface area contributed by atoms with Gasteiger partial charge in [0.05, 0.1) is 25.7 Å². The highest BCUT2D eigenvalue weighted by atomic mass is 31.2. The molecule has 1 aromatic carbocycles. The van der Waals surface area contributed by atoms with Gasteiger partial charge in [-0.3, -0.25) is 9.36 Å². The summed E-state index contributed by atoms with van der Waals surface area (Å²) in [5, 5.41) is 0. The smallest absolute Gasteiger partial charge is 0.378 e. The van der Waals surface area contributed by atoms with E-state index in [-0.39, 0.29) is 25.1 Å². The summed E-state index contributed by atoms with van der Waals surface area (Å²) in [5.74, 6) is -0.640. The summed E-state index contributed by atoms with van der Waals surface area (Å²) in [6.07, 6.45) is 1.38. The summed E-state index contributed by atoms with van der Waals surface area (Å²) in [6.45, 7) is 6.21. The van der Waals surface area contributed by atoms with E-state index in [9.17, 15) is 9.36 Å². The van der Waals surface area contributed by atoms with Crippen molar-refractivity contribution < 1.29 is 23.1 Å². The summed E-state index contributed by atoms with van der Waals surface area (Å²) in [7, 11) is -3.54. The molecular formula is C20H26NO5P. The molecule has 6 nitrogen and oxygen atoms in total. The number of aromatic amines is 1. The van der Waals surface area contributed by atoms with E-state index >= 15 is 0 Å². The van der Waals surface area contributed by atoms with Gasteiger partial charge in [0.15, 0.2) is 0 Å². The summed E-state index contributed by atoms with van der Waals surface area (Å²) < 4.78 is 29.9. The molecule has 3 rings (SSSR count). The minimum Gasteiger partial charge on any atom is -0.465 e. The van der Waals surface area contributed by atoms with E-state index in [1.165, 1.54) is 0 Å². The summed E-state index contributed by atoms with van der Waals surface area (Å²) in [6, 6.07) is 9.73. The van der Waals surface area contributed by atoms with Crippen LogP contribution >= 0.6 is 7.60 Å². The van der Waals surface area contributed by atoms with E-state index in [0.717, 1.165) is 22.4 Å². The Hall–Kier alpha value is -1.88. The van der Waals surface area contributed by atoms with Crippen LogP contribution in [0.5, 0.6) is 0 Å². The van der Waals surface area contributed by atoms with Crippen LogP contribution in [0, 0.1) is 0 Å². The number of hydrogen-bond donors (Lipinski definition) is 1. The number of rotatable bonds is 8. The van der Waals surface area contributed by atoms with Gasteiger partial charge in [0.2, 0.25) is 0 Å². The van der Waals surface area contributed by atoms with Crippen LogP contribution in [-0.2, 0) is 29.6 Å². The number of nitrogens with one attached hydrogen (secondary N) is 1. The van der Waals surface area contributed by atoms with Gasteiger partial charge in [-0.1, -0.05) is 30.3 Å². The second-order valence-corrected chi connectivity index (χ2v) is 8.24. The molecule has 0 radical (unpaired) electrons. The van der Waals surface area contributed by atoms with Gasteiger partial charge in [0, 0.05) is 11.3 Å². The fourth-order valence-corrected chi connectivity index (χ4v) is 5.45. The summed E-state index contributed by atoms with van der Waals surface area (Å²) in [4.78, 5) is 15.6. The maximum absolute atomic E-state index is 13.5.